The predicted molar refractivity (Wildman–Crippen MR) is 95.1 cm³/mol. The second-order valence-corrected chi connectivity index (χ2v) is 5.47. The van der Waals surface area contributed by atoms with Crippen LogP contribution in [0.5, 0.6) is 0 Å². The fourth-order valence-electron chi connectivity index (χ4n) is 2.29. The van der Waals surface area contributed by atoms with Crippen LogP contribution >= 0.6 is 0 Å². The zero-order chi connectivity index (χ0) is 17.4. The summed E-state index contributed by atoms with van der Waals surface area (Å²) in [5.74, 6) is -0.568. The minimum Gasteiger partial charge on any atom is -0.362 e. The van der Waals surface area contributed by atoms with Crippen molar-refractivity contribution in [3.8, 4) is 0 Å². The van der Waals surface area contributed by atoms with Crippen molar-refractivity contribution in [1.82, 2.24) is 0 Å². The third-order valence-electron chi connectivity index (χ3n) is 3.44. The van der Waals surface area contributed by atoms with E-state index >= 15 is 0 Å². The minimum atomic E-state index is -0.289. The van der Waals surface area contributed by atoms with Crippen LogP contribution in [-0.4, -0.2) is 25.0 Å². The number of nitrogens with one attached hydrogen (secondary N) is 2. The van der Waals surface area contributed by atoms with Crippen molar-refractivity contribution in [2.75, 3.05) is 23.8 Å². The molecule has 2 amide bonds. The van der Waals surface area contributed by atoms with E-state index in [1.54, 1.807) is 6.07 Å². The molecule has 2 aromatic carbocycles. The average molecular weight is 326 g/mol. The Kier molecular flexibility index (Phi) is 6.51. The Bertz CT molecular complexity index is 713. The topological polar surface area (TPSA) is 67.4 Å². The third kappa shape index (κ3) is 5.52. The van der Waals surface area contributed by atoms with Crippen molar-refractivity contribution in [3.63, 3.8) is 0 Å². The van der Waals surface area contributed by atoms with E-state index in [2.05, 4.69) is 10.6 Å². The maximum atomic E-state index is 11.9. The van der Waals surface area contributed by atoms with Crippen molar-refractivity contribution in [1.29, 1.82) is 0 Å². The molecule has 0 radical (unpaired) electrons. The van der Waals surface area contributed by atoms with Crippen LogP contribution in [0.2, 0.25) is 0 Å². The van der Waals surface area contributed by atoms with Gasteiger partial charge in [-0.3, -0.25) is 9.59 Å². The lowest BCUT2D eigenvalue weighted by Crippen LogP contribution is -2.24. The molecular weight excluding hydrogens is 304 g/mol. The molecule has 0 unspecified atom stereocenters. The van der Waals surface area contributed by atoms with E-state index in [4.69, 9.17) is 4.74 Å². The van der Waals surface area contributed by atoms with Crippen molar-refractivity contribution in [2.24, 2.45) is 0 Å². The van der Waals surface area contributed by atoms with Gasteiger partial charge in [0.15, 0.2) is 0 Å². The Hall–Kier alpha value is -2.66. The number of carbonyl (C=O) groups excluding carboxylic acids is 2. The molecule has 0 saturated carbocycles. The first-order valence-electron chi connectivity index (χ1n) is 7.90. The van der Waals surface area contributed by atoms with Crippen LogP contribution in [0.3, 0.4) is 0 Å². The number of ether oxygens (including phenoxy) is 1. The first kappa shape index (κ1) is 17.7. The molecule has 2 N–H and O–H groups in total. The highest BCUT2D eigenvalue weighted by molar-refractivity contribution is 5.94. The summed E-state index contributed by atoms with van der Waals surface area (Å²) in [6.45, 7) is 3.64. The van der Waals surface area contributed by atoms with Gasteiger partial charge < -0.3 is 15.4 Å². The lowest BCUT2D eigenvalue weighted by atomic mass is 10.1. The van der Waals surface area contributed by atoms with E-state index in [0.717, 1.165) is 23.2 Å². The minimum absolute atomic E-state index is 0.167. The van der Waals surface area contributed by atoms with Crippen LogP contribution in [0.25, 0.3) is 0 Å². The van der Waals surface area contributed by atoms with Crippen LogP contribution in [0.4, 0.5) is 11.4 Å². The van der Waals surface area contributed by atoms with E-state index in [1.165, 1.54) is 0 Å². The van der Waals surface area contributed by atoms with E-state index < -0.39 is 0 Å². The Labute approximate surface area is 142 Å². The Morgan fingerprint density at radius 1 is 0.958 bits per heavy atom. The Morgan fingerprint density at radius 2 is 1.67 bits per heavy atom. The summed E-state index contributed by atoms with van der Waals surface area (Å²) in [4.78, 5) is 23.7. The molecule has 0 saturated heterocycles. The molecule has 0 heterocycles. The highest BCUT2D eigenvalue weighted by atomic mass is 16.5. The van der Waals surface area contributed by atoms with E-state index in [1.807, 2.05) is 56.3 Å². The summed E-state index contributed by atoms with van der Waals surface area (Å²) < 4.78 is 5.18. The number of para-hydroxylation sites is 1. The molecule has 0 aliphatic rings. The first-order chi connectivity index (χ1) is 11.6. The lowest BCUT2D eigenvalue weighted by Gasteiger charge is -2.10. The van der Waals surface area contributed by atoms with Gasteiger partial charge in [0.2, 0.25) is 11.8 Å². The largest absolute Gasteiger partial charge is 0.362 e. The molecular formula is C19H22N2O3. The zero-order valence-corrected chi connectivity index (χ0v) is 14.0. The van der Waals surface area contributed by atoms with Gasteiger partial charge in [-0.25, -0.2) is 0 Å². The SMILES string of the molecule is CCc1ccccc1NC(=O)COCC(=O)Nc1cccc(C)c1. The van der Waals surface area contributed by atoms with Gasteiger partial charge >= 0.3 is 0 Å². The highest BCUT2D eigenvalue weighted by Crippen LogP contribution is 2.15. The molecule has 24 heavy (non-hydrogen) atoms. The molecule has 0 fully saturated rings. The van der Waals surface area contributed by atoms with Crippen LogP contribution < -0.4 is 10.6 Å². The molecule has 0 aliphatic heterocycles. The monoisotopic (exact) mass is 326 g/mol. The van der Waals surface area contributed by atoms with Gasteiger partial charge in [0.05, 0.1) is 0 Å². The zero-order valence-electron chi connectivity index (χ0n) is 14.0. The van der Waals surface area contributed by atoms with Gasteiger partial charge in [-0.2, -0.15) is 0 Å². The van der Waals surface area contributed by atoms with E-state index in [0.29, 0.717) is 5.69 Å². The molecule has 0 bridgehead atoms. The maximum Gasteiger partial charge on any atom is 0.250 e. The molecule has 0 spiro atoms. The van der Waals surface area contributed by atoms with Crippen LogP contribution in [-0.2, 0) is 20.7 Å². The van der Waals surface area contributed by atoms with Crippen molar-refractivity contribution < 1.29 is 14.3 Å². The highest BCUT2D eigenvalue weighted by Gasteiger charge is 2.08. The van der Waals surface area contributed by atoms with Gasteiger partial charge in [0, 0.05) is 11.4 Å². The molecule has 0 atom stereocenters. The maximum absolute atomic E-state index is 11.9. The second-order valence-electron chi connectivity index (χ2n) is 5.47. The number of hydrogen-bond acceptors (Lipinski definition) is 3. The van der Waals surface area contributed by atoms with Crippen molar-refractivity contribution in [3.05, 3.63) is 59.7 Å². The number of aryl methyl sites for hydroxylation is 2. The quantitative estimate of drug-likeness (QED) is 0.821. The Balaban J connectivity index is 1.75. The molecule has 5 nitrogen and oxygen atoms in total. The average Bonchev–Trinajstić information content (AvgIpc) is 2.55. The Morgan fingerprint density at radius 3 is 2.38 bits per heavy atom. The van der Waals surface area contributed by atoms with Gasteiger partial charge in [0.1, 0.15) is 13.2 Å². The molecule has 126 valence electrons. The number of carbonyl (C=O) groups is 2. The predicted octanol–water partition coefficient (Wildman–Crippen LogP) is 3.15. The summed E-state index contributed by atoms with van der Waals surface area (Å²) in [5, 5.41) is 5.53. The van der Waals surface area contributed by atoms with Crippen LogP contribution in [0.15, 0.2) is 48.5 Å². The summed E-state index contributed by atoms with van der Waals surface area (Å²) in [7, 11) is 0. The summed E-state index contributed by atoms with van der Waals surface area (Å²) in [5.41, 5.74) is 3.61. The van der Waals surface area contributed by atoms with E-state index in [-0.39, 0.29) is 25.0 Å². The smallest absolute Gasteiger partial charge is 0.250 e. The third-order valence-corrected chi connectivity index (χ3v) is 3.44. The molecule has 2 rings (SSSR count). The van der Waals surface area contributed by atoms with Gasteiger partial charge in [0.25, 0.3) is 0 Å². The molecule has 0 aliphatic carbocycles. The van der Waals surface area contributed by atoms with Crippen LogP contribution in [0, 0.1) is 6.92 Å². The summed E-state index contributed by atoms with van der Waals surface area (Å²) in [6, 6.07) is 15.1. The summed E-state index contributed by atoms with van der Waals surface area (Å²) >= 11 is 0. The lowest BCUT2D eigenvalue weighted by molar-refractivity contribution is -0.125. The first-order valence-corrected chi connectivity index (χ1v) is 7.90. The van der Waals surface area contributed by atoms with Gasteiger partial charge in [-0.15, -0.1) is 0 Å². The van der Waals surface area contributed by atoms with Crippen molar-refractivity contribution in [2.45, 2.75) is 20.3 Å². The molecule has 5 heteroatoms. The van der Waals surface area contributed by atoms with Gasteiger partial charge in [-0.1, -0.05) is 37.3 Å². The van der Waals surface area contributed by atoms with Crippen molar-refractivity contribution >= 4 is 23.2 Å². The fraction of sp³-hybridized carbons (Fsp3) is 0.263. The van der Waals surface area contributed by atoms with Gasteiger partial charge in [-0.05, 0) is 42.7 Å². The molecule has 2 aromatic rings. The standard InChI is InChI=1S/C19H22N2O3/c1-3-15-8-4-5-10-17(15)21-19(23)13-24-12-18(22)20-16-9-6-7-14(2)11-16/h4-11H,3,12-13H2,1-2H3,(H,20,22)(H,21,23). The van der Waals surface area contributed by atoms with Crippen LogP contribution in [0.1, 0.15) is 18.1 Å². The fourth-order valence-corrected chi connectivity index (χ4v) is 2.29. The number of rotatable bonds is 7. The molecule has 0 aromatic heterocycles. The van der Waals surface area contributed by atoms with E-state index in [9.17, 15) is 9.59 Å². The number of benzene rings is 2. The number of hydrogen-bond donors (Lipinski definition) is 2. The normalized spacial score (nSPS) is 10.2. The number of amides is 2. The number of anilines is 2. The second kappa shape index (κ2) is 8.84. The summed E-state index contributed by atoms with van der Waals surface area (Å²) in [6.07, 6.45) is 0.830.